The van der Waals surface area contributed by atoms with Crippen molar-refractivity contribution in [2.45, 2.75) is 6.43 Å². The Hall–Kier alpha value is -0.790. The van der Waals surface area contributed by atoms with Gasteiger partial charge in [-0.2, -0.15) is 0 Å². The summed E-state index contributed by atoms with van der Waals surface area (Å²) in [7, 11) is 0. The van der Waals surface area contributed by atoms with Crippen LogP contribution in [0, 0.1) is 3.57 Å². The van der Waals surface area contributed by atoms with Crippen molar-refractivity contribution in [3.05, 3.63) is 27.1 Å². The molecule has 0 unspecified atom stereocenters. The quantitative estimate of drug-likeness (QED) is 0.853. The minimum absolute atomic E-state index is 0.160. The highest BCUT2D eigenvalue weighted by molar-refractivity contribution is 14.1. The maximum atomic E-state index is 12.4. The van der Waals surface area contributed by atoms with Crippen LogP contribution in [0.15, 0.2) is 12.4 Å². The van der Waals surface area contributed by atoms with Crippen molar-refractivity contribution in [1.29, 1.82) is 0 Å². The molecule has 0 aromatic carbocycles. The summed E-state index contributed by atoms with van der Waals surface area (Å²) in [6.07, 6.45) is -0.665. The highest BCUT2D eigenvalue weighted by Crippen LogP contribution is 2.26. The Morgan fingerprint density at radius 2 is 2.15 bits per heavy atom. The first-order valence-corrected chi connectivity index (χ1v) is 4.26. The Morgan fingerprint density at radius 3 is 2.54 bits per heavy atom. The Kier molecular flexibility index (Phi) is 3.12. The third kappa shape index (κ3) is 2.11. The molecule has 0 spiro atoms. The van der Waals surface area contributed by atoms with Crippen LogP contribution in [0.1, 0.15) is 22.3 Å². The van der Waals surface area contributed by atoms with Gasteiger partial charge in [0.25, 0.3) is 6.43 Å². The summed E-state index contributed by atoms with van der Waals surface area (Å²) in [5.74, 6) is -1.39. The lowest BCUT2D eigenvalue weighted by atomic mass is 10.1. The number of carbonyl (C=O) groups is 1. The van der Waals surface area contributed by atoms with E-state index in [2.05, 4.69) is 4.98 Å². The van der Waals surface area contributed by atoms with E-state index < -0.39 is 23.5 Å². The van der Waals surface area contributed by atoms with E-state index in [0.29, 0.717) is 0 Å². The standard InChI is InChI=1S/C7H4F2INO2/c8-6(9)5-3(7(12)13)1-11-2-4(5)10/h1-2,6H,(H,12,13). The highest BCUT2D eigenvalue weighted by atomic mass is 127. The second-order valence-electron chi connectivity index (χ2n) is 2.19. The minimum atomic E-state index is -2.79. The highest BCUT2D eigenvalue weighted by Gasteiger charge is 2.20. The molecular formula is C7H4F2INO2. The van der Waals surface area contributed by atoms with Crippen molar-refractivity contribution in [3.63, 3.8) is 0 Å². The molecule has 1 aromatic rings. The summed E-state index contributed by atoms with van der Waals surface area (Å²) in [5.41, 5.74) is -0.912. The third-order valence-corrected chi connectivity index (χ3v) is 2.25. The number of pyridine rings is 1. The zero-order valence-electron chi connectivity index (χ0n) is 6.17. The van der Waals surface area contributed by atoms with Crippen molar-refractivity contribution >= 4 is 28.6 Å². The first-order chi connectivity index (χ1) is 6.04. The topological polar surface area (TPSA) is 50.2 Å². The number of alkyl halides is 2. The Morgan fingerprint density at radius 1 is 1.54 bits per heavy atom. The molecule has 3 nitrogen and oxygen atoms in total. The van der Waals surface area contributed by atoms with E-state index in [1.807, 2.05) is 0 Å². The number of halogens is 3. The molecule has 0 aliphatic heterocycles. The third-order valence-electron chi connectivity index (χ3n) is 1.39. The van der Waals surface area contributed by atoms with E-state index in [0.717, 1.165) is 6.20 Å². The maximum Gasteiger partial charge on any atom is 0.337 e. The number of aromatic carboxylic acids is 1. The van der Waals surface area contributed by atoms with Gasteiger partial charge in [-0.3, -0.25) is 4.98 Å². The second kappa shape index (κ2) is 3.95. The van der Waals surface area contributed by atoms with Crippen molar-refractivity contribution in [2.75, 3.05) is 0 Å². The fraction of sp³-hybridized carbons (Fsp3) is 0.143. The number of hydrogen-bond acceptors (Lipinski definition) is 2. The summed E-state index contributed by atoms with van der Waals surface area (Å²) in [5, 5.41) is 8.56. The fourth-order valence-electron chi connectivity index (χ4n) is 0.837. The van der Waals surface area contributed by atoms with Crippen LogP contribution in [0.5, 0.6) is 0 Å². The molecule has 0 saturated heterocycles. The molecule has 1 rings (SSSR count). The molecule has 1 N–H and O–H groups in total. The summed E-state index contributed by atoms with van der Waals surface area (Å²) in [6.45, 7) is 0. The van der Waals surface area contributed by atoms with E-state index in [1.165, 1.54) is 6.20 Å². The van der Waals surface area contributed by atoms with Gasteiger partial charge >= 0.3 is 5.97 Å². The molecule has 1 heterocycles. The first kappa shape index (κ1) is 10.3. The van der Waals surface area contributed by atoms with Crippen molar-refractivity contribution in [2.24, 2.45) is 0 Å². The predicted octanol–water partition coefficient (Wildman–Crippen LogP) is 2.32. The van der Waals surface area contributed by atoms with E-state index in [-0.39, 0.29) is 3.57 Å². The molecule has 1 aromatic heterocycles. The molecule has 0 fully saturated rings. The van der Waals surface area contributed by atoms with Gasteiger partial charge in [0.2, 0.25) is 0 Å². The molecule has 0 bridgehead atoms. The predicted molar refractivity (Wildman–Crippen MR) is 48.9 cm³/mol. The molecule has 70 valence electrons. The molecule has 0 amide bonds. The number of carboxylic acids is 1. The van der Waals surface area contributed by atoms with Crippen LogP contribution in [0.4, 0.5) is 8.78 Å². The fourth-order valence-corrected chi connectivity index (χ4v) is 1.52. The van der Waals surface area contributed by atoms with Gasteiger partial charge in [-0.1, -0.05) is 0 Å². The van der Waals surface area contributed by atoms with Crippen LogP contribution >= 0.6 is 22.6 Å². The van der Waals surface area contributed by atoms with Gasteiger partial charge in [-0.15, -0.1) is 0 Å². The molecule has 13 heavy (non-hydrogen) atoms. The number of aromatic nitrogens is 1. The lowest BCUT2D eigenvalue weighted by Gasteiger charge is -2.05. The van der Waals surface area contributed by atoms with Crippen LogP contribution < -0.4 is 0 Å². The van der Waals surface area contributed by atoms with Crippen LogP contribution in [-0.2, 0) is 0 Å². The van der Waals surface area contributed by atoms with Gasteiger partial charge in [-0.25, -0.2) is 13.6 Å². The number of rotatable bonds is 2. The van der Waals surface area contributed by atoms with E-state index in [9.17, 15) is 13.6 Å². The van der Waals surface area contributed by atoms with E-state index >= 15 is 0 Å². The molecule has 0 saturated carbocycles. The van der Waals surface area contributed by atoms with Gasteiger partial charge in [-0.05, 0) is 22.6 Å². The summed E-state index contributed by atoms with van der Waals surface area (Å²) < 4.78 is 24.9. The minimum Gasteiger partial charge on any atom is -0.478 e. The molecular weight excluding hydrogens is 295 g/mol. The lowest BCUT2D eigenvalue weighted by molar-refractivity contribution is 0.0683. The lowest BCUT2D eigenvalue weighted by Crippen LogP contribution is -2.05. The van der Waals surface area contributed by atoms with Crippen LogP contribution in [0.3, 0.4) is 0 Å². The van der Waals surface area contributed by atoms with Crippen molar-refractivity contribution < 1.29 is 18.7 Å². The summed E-state index contributed by atoms with van der Waals surface area (Å²) >= 11 is 1.63. The van der Waals surface area contributed by atoms with Gasteiger partial charge in [0.05, 0.1) is 5.56 Å². The molecule has 6 heteroatoms. The SMILES string of the molecule is O=C(O)c1cncc(I)c1C(F)F. The summed E-state index contributed by atoms with van der Waals surface area (Å²) in [6, 6.07) is 0. The molecule has 0 radical (unpaired) electrons. The van der Waals surface area contributed by atoms with Crippen LogP contribution in [0.25, 0.3) is 0 Å². The van der Waals surface area contributed by atoms with Crippen LogP contribution in [-0.4, -0.2) is 16.1 Å². The number of carboxylic acid groups (broad SMARTS) is 1. The molecule has 0 aliphatic rings. The number of nitrogens with zero attached hydrogens (tertiary/aromatic N) is 1. The Balaban J connectivity index is 3.34. The zero-order chi connectivity index (χ0) is 10.0. The van der Waals surface area contributed by atoms with E-state index in [1.54, 1.807) is 22.6 Å². The molecule has 0 aliphatic carbocycles. The zero-order valence-corrected chi connectivity index (χ0v) is 8.33. The molecule has 0 atom stereocenters. The maximum absolute atomic E-state index is 12.4. The largest absolute Gasteiger partial charge is 0.478 e. The Bertz CT molecular complexity index is 343. The van der Waals surface area contributed by atoms with Crippen molar-refractivity contribution in [3.8, 4) is 0 Å². The smallest absolute Gasteiger partial charge is 0.337 e. The van der Waals surface area contributed by atoms with Crippen molar-refractivity contribution in [1.82, 2.24) is 4.98 Å². The average molecular weight is 299 g/mol. The van der Waals surface area contributed by atoms with E-state index in [4.69, 9.17) is 5.11 Å². The van der Waals surface area contributed by atoms with Crippen LogP contribution in [0.2, 0.25) is 0 Å². The second-order valence-corrected chi connectivity index (χ2v) is 3.35. The Labute approximate surface area is 85.9 Å². The monoisotopic (exact) mass is 299 g/mol. The van der Waals surface area contributed by atoms with Gasteiger partial charge in [0.15, 0.2) is 0 Å². The number of hydrogen-bond donors (Lipinski definition) is 1. The van der Waals surface area contributed by atoms with Gasteiger partial charge in [0.1, 0.15) is 0 Å². The first-order valence-electron chi connectivity index (χ1n) is 3.19. The normalized spacial score (nSPS) is 10.5. The van der Waals surface area contributed by atoms with Gasteiger partial charge in [0, 0.05) is 21.5 Å². The average Bonchev–Trinajstić information content (AvgIpc) is 2.02. The summed E-state index contributed by atoms with van der Waals surface area (Å²) in [4.78, 5) is 14.0. The van der Waals surface area contributed by atoms with Gasteiger partial charge < -0.3 is 5.11 Å².